The Balaban J connectivity index is 2.95. The van der Waals surface area contributed by atoms with E-state index < -0.39 is 0 Å². The average Bonchev–Trinajstić information content (AvgIpc) is 2.44. The van der Waals surface area contributed by atoms with Crippen molar-refractivity contribution in [3.63, 3.8) is 0 Å². The highest BCUT2D eigenvalue weighted by Gasteiger charge is 2.00. The van der Waals surface area contributed by atoms with Gasteiger partial charge in [0.15, 0.2) is 0 Å². The van der Waals surface area contributed by atoms with Gasteiger partial charge in [0.2, 0.25) is 0 Å². The van der Waals surface area contributed by atoms with Gasteiger partial charge in [-0.25, -0.2) is 0 Å². The third-order valence-corrected chi connectivity index (χ3v) is 2.72. The molecule has 2 nitrogen and oxygen atoms in total. The Bertz CT molecular complexity index is 575. The maximum Gasteiger partial charge on any atom is 0.0953 e. The summed E-state index contributed by atoms with van der Waals surface area (Å²) in [7, 11) is 0. The van der Waals surface area contributed by atoms with E-state index in [1.54, 1.807) is 6.08 Å². The fraction of sp³-hybridized carbons (Fsp3) is 0.176. The molecule has 2 heteroatoms. The summed E-state index contributed by atoms with van der Waals surface area (Å²) < 4.78 is 0. The molecule has 94 valence electrons. The van der Waals surface area contributed by atoms with E-state index in [0.29, 0.717) is 18.4 Å². The predicted molar refractivity (Wildman–Crippen MR) is 77.9 cm³/mol. The molecule has 0 N–H and O–H groups in total. The van der Waals surface area contributed by atoms with Crippen LogP contribution in [0.3, 0.4) is 0 Å². The van der Waals surface area contributed by atoms with Crippen LogP contribution < -0.4 is 0 Å². The van der Waals surface area contributed by atoms with Gasteiger partial charge in [0, 0.05) is 12.0 Å². The molecule has 0 saturated heterocycles. The predicted octanol–water partition coefficient (Wildman–Crippen LogP) is 4.32. The first kappa shape index (κ1) is 14.5. The maximum absolute atomic E-state index is 9.09. The first-order valence-corrected chi connectivity index (χ1v) is 6.08. The van der Waals surface area contributed by atoms with Gasteiger partial charge in [-0.1, -0.05) is 54.6 Å². The fourth-order valence-electron chi connectivity index (χ4n) is 1.60. The van der Waals surface area contributed by atoms with Crippen molar-refractivity contribution in [1.82, 2.24) is 0 Å². The van der Waals surface area contributed by atoms with Crippen LogP contribution in [0.2, 0.25) is 0 Å². The third kappa shape index (κ3) is 4.66. The van der Waals surface area contributed by atoms with Crippen LogP contribution in [0.4, 0.5) is 0 Å². The summed E-state index contributed by atoms with van der Waals surface area (Å²) >= 11 is 0. The van der Waals surface area contributed by atoms with Crippen LogP contribution in [0.1, 0.15) is 24.0 Å². The molecule has 0 fully saturated rings. The largest absolute Gasteiger partial charge is 0.198 e. The zero-order chi connectivity index (χ0) is 14.1. The van der Waals surface area contributed by atoms with Gasteiger partial charge in [0.25, 0.3) is 0 Å². The summed E-state index contributed by atoms with van der Waals surface area (Å²) in [6, 6.07) is 12.3. The summed E-state index contributed by atoms with van der Waals surface area (Å²) in [6.45, 7) is 5.76. The van der Waals surface area contributed by atoms with E-state index in [4.69, 9.17) is 10.5 Å². The molecule has 0 spiro atoms. The standard InChI is InChI=1S/C17H16N2/c1-3-16(17(13-19)5-4-12-18)11-10-15-8-6-14(2)7-9-15/h3,6-11H,1,4-5H2,2H3/b11-10?,17-16-. The third-order valence-electron chi connectivity index (χ3n) is 2.72. The van der Waals surface area contributed by atoms with Crippen molar-refractivity contribution < 1.29 is 0 Å². The van der Waals surface area contributed by atoms with Crippen LogP contribution in [-0.2, 0) is 0 Å². The van der Waals surface area contributed by atoms with E-state index in [-0.39, 0.29) is 0 Å². The van der Waals surface area contributed by atoms with Gasteiger partial charge >= 0.3 is 0 Å². The number of rotatable bonds is 5. The highest BCUT2D eigenvalue weighted by molar-refractivity contribution is 5.57. The zero-order valence-corrected chi connectivity index (χ0v) is 11.1. The summed E-state index contributed by atoms with van der Waals surface area (Å²) in [5.41, 5.74) is 3.66. The van der Waals surface area contributed by atoms with Crippen molar-refractivity contribution in [2.75, 3.05) is 0 Å². The van der Waals surface area contributed by atoms with Gasteiger partial charge < -0.3 is 0 Å². The number of allylic oxidation sites excluding steroid dienone is 4. The normalized spacial score (nSPS) is 11.5. The lowest BCUT2D eigenvalue weighted by molar-refractivity contribution is 1.01. The Morgan fingerprint density at radius 3 is 2.47 bits per heavy atom. The summed E-state index contributed by atoms with van der Waals surface area (Å²) in [5, 5.41) is 17.7. The van der Waals surface area contributed by atoms with Crippen molar-refractivity contribution in [3.05, 3.63) is 65.3 Å². The molecular weight excluding hydrogens is 232 g/mol. The van der Waals surface area contributed by atoms with Gasteiger partial charge in [-0.2, -0.15) is 10.5 Å². The van der Waals surface area contributed by atoms with Gasteiger partial charge in [0.05, 0.1) is 12.1 Å². The lowest BCUT2D eigenvalue weighted by Crippen LogP contribution is -1.85. The van der Waals surface area contributed by atoms with Crippen molar-refractivity contribution in [2.45, 2.75) is 19.8 Å². The number of nitrogens with zero attached hydrogens (tertiary/aromatic N) is 2. The van der Waals surface area contributed by atoms with Crippen molar-refractivity contribution in [1.29, 1.82) is 10.5 Å². The molecule has 0 aliphatic heterocycles. The quantitative estimate of drug-likeness (QED) is 0.575. The van der Waals surface area contributed by atoms with E-state index in [2.05, 4.69) is 12.6 Å². The van der Waals surface area contributed by atoms with Crippen LogP contribution in [0.25, 0.3) is 6.08 Å². The monoisotopic (exact) mass is 248 g/mol. The molecule has 0 unspecified atom stereocenters. The minimum Gasteiger partial charge on any atom is -0.198 e. The van der Waals surface area contributed by atoms with Crippen LogP contribution in [0, 0.1) is 29.6 Å². The second kappa shape index (κ2) is 7.69. The molecule has 0 radical (unpaired) electrons. The van der Waals surface area contributed by atoms with E-state index >= 15 is 0 Å². The van der Waals surface area contributed by atoms with Crippen LogP contribution in [0.15, 0.2) is 54.1 Å². The summed E-state index contributed by atoms with van der Waals surface area (Å²) in [5.74, 6) is 0. The molecule has 0 aromatic heterocycles. The lowest BCUT2D eigenvalue weighted by atomic mass is 10.0. The number of nitriles is 2. The Labute approximate surface area is 114 Å². The van der Waals surface area contributed by atoms with Crippen LogP contribution in [0.5, 0.6) is 0 Å². The SMILES string of the molecule is C=C/C(C=Cc1ccc(C)cc1)=C(/C#N)CCC#N. The second-order valence-electron chi connectivity index (χ2n) is 4.15. The Kier molecular flexibility index (Phi) is 5.86. The summed E-state index contributed by atoms with van der Waals surface area (Å²) in [6.07, 6.45) is 6.28. The highest BCUT2D eigenvalue weighted by Crippen LogP contribution is 2.15. The van der Waals surface area contributed by atoms with Crippen LogP contribution in [-0.4, -0.2) is 0 Å². The molecular formula is C17H16N2. The van der Waals surface area contributed by atoms with Gasteiger partial charge in [-0.3, -0.25) is 0 Å². The Morgan fingerprint density at radius 1 is 1.26 bits per heavy atom. The van der Waals surface area contributed by atoms with Crippen molar-refractivity contribution in [3.8, 4) is 12.1 Å². The zero-order valence-electron chi connectivity index (χ0n) is 11.1. The van der Waals surface area contributed by atoms with Crippen molar-refractivity contribution >= 4 is 6.08 Å². The molecule has 0 aliphatic carbocycles. The second-order valence-corrected chi connectivity index (χ2v) is 4.15. The van der Waals surface area contributed by atoms with E-state index in [1.165, 1.54) is 5.56 Å². The lowest BCUT2D eigenvalue weighted by Gasteiger charge is -2.00. The smallest absolute Gasteiger partial charge is 0.0953 e. The molecule has 1 aromatic carbocycles. The first-order valence-electron chi connectivity index (χ1n) is 6.08. The number of benzene rings is 1. The minimum atomic E-state index is 0.346. The maximum atomic E-state index is 9.09. The molecule has 0 saturated carbocycles. The van der Waals surface area contributed by atoms with E-state index in [1.807, 2.05) is 49.4 Å². The molecule has 1 rings (SSSR count). The van der Waals surface area contributed by atoms with Gasteiger partial charge in [-0.05, 0) is 24.5 Å². The fourth-order valence-corrected chi connectivity index (χ4v) is 1.60. The molecule has 0 amide bonds. The average molecular weight is 248 g/mol. The van der Waals surface area contributed by atoms with Crippen molar-refractivity contribution in [2.24, 2.45) is 0 Å². The molecule has 19 heavy (non-hydrogen) atoms. The highest BCUT2D eigenvalue weighted by atomic mass is 14.3. The number of aryl methyl sites for hydroxylation is 1. The molecule has 0 aliphatic rings. The van der Waals surface area contributed by atoms with Crippen LogP contribution >= 0.6 is 0 Å². The van der Waals surface area contributed by atoms with E-state index in [9.17, 15) is 0 Å². The minimum absolute atomic E-state index is 0.346. The molecule has 0 bridgehead atoms. The van der Waals surface area contributed by atoms with Gasteiger partial charge in [-0.15, -0.1) is 0 Å². The van der Waals surface area contributed by atoms with E-state index in [0.717, 1.165) is 11.1 Å². The molecule has 0 heterocycles. The summed E-state index contributed by atoms with van der Waals surface area (Å²) in [4.78, 5) is 0. The molecule has 0 atom stereocenters. The van der Waals surface area contributed by atoms with Gasteiger partial charge in [0.1, 0.15) is 0 Å². The number of hydrogen-bond donors (Lipinski definition) is 0. The molecule has 1 aromatic rings. The number of hydrogen-bond acceptors (Lipinski definition) is 2. The Hall–Kier alpha value is -2.58. The Morgan fingerprint density at radius 2 is 1.95 bits per heavy atom. The topological polar surface area (TPSA) is 47.6 Å². The first-order chi connectivity index (χ1) is 9.21.